The minimum absolute atomic E-state index is 0.210. The molecule has 2 aromatic rings. The Morgan fingerprint density at radius 1 is 1.15 bits per heavy atom. The molecule has 0 amide bonds. The normalized spacial score (nSPS) is 19.2. The molecule has 27 heavy (non-hydrogen) atoms. The van der Waals surface area contributed by atoms with Crippen LogP contribution in [0, 0.1) is 5.82 Å². The van der Waals surface area contributed by atoms with Crippen LogP contribution in [0.25, 0.3) is 10.9 Å². The van der Waals surface area contributed by atoms with Crippen LogP contribution in [0.15, 0.2) is 18.2 Å². The van der Waals surface area contributed by atoms with Crippen LogP contribution in [0.3, 0.4) is 0 Å². The fraction of sp³-hybridized carbons (Fsp3) is 0.632. The van der Waals surface area contributed by atoms with Gasteiger partial charge in [-0.1, -0.05) is 31.8 Å². The SMILES string of the molecule is CC1(C)OB(c2nn(COCC[Si](C)(C)C)c3c(F)cccc23)OC1(C)C. The van der Waals surface area contributed by atoms with Gasteiger partial charge in [0.05, 0.1) is 11.2 Å². The standard InChI is InChI=1S/C19H30BFN2O3Si/c1-18(2)19(3,4)26-20(25-18)17-14-9-8-10-15(21)16(14)23(22-17)13-24-11-12-27(5,6)7/h8-10H,11-13H2,1-7H3. The van der Waals surface area contributed by atoms with Gasteiger partial charge in [-0.3, -0.25) is 0 Å². The second-order valence-corrected chi connectivity index (χ2v) is 15.1. The van der Waals surface area contributed by atoms with Crippen molar-refractivity contribution < 1.29 is 18.4 Å². The van der Waals surface area contributed by atoms with E-state index in [0.29, 0.717) is 23.1 Å². The third kappa shape index (κ3) is 4.13. The van der Waals surface area contributed by atoms with E-state index in [1.807, 2.05) is 33.8 Å². The summed E-state index contributed by atoms with van der Waals surface area (Å²) >= 11 is 0. The lowest BCUT2D eigenvalue weighted by Crippen LogP contribution is -2.41. The highest BCUT2D eigenvalue weighted by molar-refractivity contribution is 6.76. The van der Waals surface area contributed by atoms with Crippen LogP contribution in [0.2, 0.25) is 25.7 Å². The molecule has 0 saturated carbocycles. The predicted octanol–water partition coefficient (Wildman–Crippen LogP) is 3.79. The van der Waals surface area contributed by atoms with Gasteiger partial charge in [0.15, 0.2) is 0 Å². The first-order chi connectivity index (χ1) is 12.4. The maximum atomic E-state index is 14.6. The molecule has 1 fully saturated rings. The summed E-state index contributed by atoms with van der Waals surface area (Å²) in [5.41, 5.74) is 0.0660. The van der Waals surface area contributed by atoms with E-state index in [4.69, 9.17) is 14.0 Å². The van der Waals surface area contributed by atoms with Gasteiger partial charge in [-0.25, -0.2) is 9.07 Å². The first-order valence-corrected chi connectivity index (χ1v) is 13.2. The molecule has 1 aromatic heterocycles. The summed E-state index contributed by atoms with van der Waals surface area (Å²) in [5, 5.41) is 5.31. The summed E-state index contributed by atoms with van der Waals surface area (Å²) in [4.78, 5) is 0. The molecule has 0 unspecified atom stereocenters. The molecule has 1 aromatic carbocycles. The number of nitrogens with zero attached hydrogens (tertiary/aromatic N) is 2. The fourth-order valence-electron chi connectivity index (χ4n) is 2.97. The molecule has 0 spiro atoms. The summed E-state index contributed by atoms with van der Waals surface area (Å²) in [5.74, 6) is -0.323. The summed E-state index contributed by atoms with van der Waals surface area (Å²) in [6.45, 7) is 15.7. The summed E-state index contributed by atoms with van der Waals surface area (Å²) in [6.07, 6.45) is 0. The Morgan fingerprint density at radius 2 is 1.78 bits per heavy atom. The van der Waals surface area contributed by atoms with Gasteiger partial charge in [-0.2, -0.15) is 5.10 Å². The molecule has 148 valence electrons. The number of hydrogen-bond donors (Lipinski definition) is 0. The molecule has 8 heteroatoms. The van der Waals surface area contributed by atoms with E-state index in [0.717, 1.165) is 6.04 Å². The molecule has 5 nitrogen and oxygen atoms in total. The number of benzene rings is 1. The number of ether oxygens (including phenoxy) is 1. The summed E-state index contributed by atoms with van der Waals surface area (Å²) in [7, 11) is -1.81. The van der Waals surface area contributed by atoms with Crippen LogP contribution in [0.1, 0.15) is 27.7 Å². The van der Waals surface area contributed by atoms with Crippen molar-refractivity contribution in [2.24, 2.45) is 0 Å². The third-order valence-corrected chi connectivity index (χ3v) is 7.14. The first-order valence-electron chi connectivity index (χ1n) is 9.50. The van der Waals surface area contributed by atoms with E-state index in [2.05, 4.69) is 24.7 Å². The number of aromatic nitrogens is 2. The molecular formula is C19H30BFN2O3Si. The van der Waals surface area contributed by atoms with Crippen LogP contribution >= 0.6 is 0 Å². The van der Waals surface area contributed by atoms with Gasteiger partial charge >= 0.3 is 7.12 Å². The van der Waals surface area contributed by atoms with E-state index in [1.165, 1.54) is 6.07 Å². The monoisotopic (exact) mass is 392 g/mol. The zero-order chi connectivity index (χ0) is 20.0. The van der Waals surface area contributed by atoms with E-state index in [9.17, 15) is 4.39 Å². The molecular weight excluding hydrogens is 362 g/mol. The minimum Gasteiger partial charge on any atom is -0.398 e. The highest BCUT2D eigenvalue weighted by atomic mass is 28.3. The van der Waals surface area contributed by atoms with Gasteiger partial charge < -0.3 is 14.0 Å². The molecule has 3 rings (SSSR count). The van der Waals surface area contributed by atoms with Crippen LogP contribution in [0.4, 0.5) is 4.39 Å². The lowest BCUT2D eigenvalue weighted by Gasteiger charge is -2.32. The minimum atomic E-state index is -1.18. The maximum absolute atomic E-state index is 14.6. The number of rotatable bonds is 6. The van der Waals surface area contributed by atoms with Crippen molar-refractivity contribution in [3.05, 3.63) is 24.0 Å². The van der Waals surface area contributed by atoms with Crippen LogP contribution < -0.4 is 5.59 Å². The lowest BCUT2D eigenvalue weighted by atomic mass is 9.82. The number of hydrogen-bond acceptors (Lipinski definition) is 4. The molecule has 0 bridgehead atoms. The second kappa shape index (κ2) is 6.99. The van der Waals surface area contributed by atoms with Gasteiger partial charge in [0.1, 0.15) is 23.7 Å². The van der Waals surface area contributed by atoms with E-state index in [-0.39, 0.29) is 12.5 Å². The molecule has 2 heterocycles. The lowest BCUT2D eigenvalue weighted by molar-refractivity contribution is 0.00578. The van der Waals surface area contributed by atoms with Crippen molar-refractivity contribution in [2.45, 2.75) is 71.3 Å². The Labute approximate surface area is 162 Å². The average molecular weight is 392 g/mol. The van der Waals surface area contributed by atoms with Crippen molar-refractivity contribution in [1.29, 1.82) is 0 Å². The smallest absolute Gasteiger partial charge is 0.398 e. The summed E-state index contributed by atoms with van der Waals surface area (Å²) in [6, 6.07) is 6.03. The quantitative estimate of drug-likeness (QED) is 0.554. The highest BCUT2D eigenvalue weighted by Gasteiger charge is 2.53. The van der Waals surface area contributed by atoms with Crippen molar-refractivity contribution in [1.82, 2.24) is 9.78 Å². The Bertz CT molecular complexity index is 816. The molecule has 1 saturated heterocycles. The van der Waals surface area contributed by atoms with Crippen LogP contribution in [-0.4, -0.2) is 42.8 Å². The van der Waals surface area contributed by atoms with Gasteiger partial charge in [0, 0.05) is 20.1 Å². The first kappa shape index (κ1) is 20.5. The predicted molar refractivity (Wildman–Crippen MR) is 110 cm³/mol. The molecule has 0 aliphatic carbocycles. The van der Waals surface area contributed by atoms with E-state index >= 15 is 0 Å². The van der Waals surface area contributed by atoms with Gasteiger partial charge in [0.25, 0.3) is 0 Å². The average Bonchev–Trinajstić information content (AvgIpc) is 2.99. The van der Waals surface area contributed by atoms with Crippen molar-refractivity contribution in [3.8, 4) is 0 Å². The van der Waals surface area contributed by atoms with Crippen molar-refractivity contribution in [2.75, 3.05) is 6.61 Å². The number of halogens is 1. The van der Waals surface area contributed by atoms with Crippen molar-refractivity contribution >= 4 is 31.7 Å². The largest absolute Gasteiger partial charge is 0.517 e. The Hall–Kier alpha value is -1.22. The van der Waals surface area contributed by atoms with Crippen LogP contribution in [-0.2, 0) is 20.8 Å². The topological polar surface area (TPSA) is 45.5 Å². The van der Waals surface area contributed by atoms with Crippen LogP contribution in [0.5, 0.6) is 0 Å². The van der Waals surface area contributed by atoms with Gasteiger partial charge in [-0.15, -0.1) is 0 Å². The second-order valence-electron chi connectivity index (χ2n) is 9.46. The van der Waals surface area contributed by atoms with E-state index < -0.39 is 26.4 Å². The Balaban J connectivity index is 1.88. The molecule has 1 aliphatic heterocycles. The van der Waals surface area contributed by atoms with E-state index in [1.54, 1.807) is 10.7 Å². The highest BCUT2D eigenvalue weighted by Crippen LogP contribution is 2.37. The number of para-hydroxylation sites is 1. The Kier molecular flexibility index (Phi) is 5.31. The van der Waals surface area contributed by atoms with Gasteiger partial charge in [-0.05, 0) is 39.8 Å². The fourth-order valence-corrected chi connectivity index (χ4v) is 3.73. The summed E-state index contributed by atoms with van der Waals surface area (Å²) < 4.78 is 34.2. The maximum Gasteiger partial charge on any atom is 0.517 e. The zero-order valence-electron chi connectivity index (χ0n) is 17.4. The zero-order valence-corrected chi connectivity index (χ0v) is 18.4. The Morgan fingerprint density at radius 3 is 2.37 bits per heavy atom. The molecule has 0 radical (unpaired) electrons. The number of fused-ring (bicyclic) bond motifs is 1. The van der Waals surface area contributed by atoms with Gasteiger partial charge in [0.2, 0.25) is 0 Å². The molecule has 1 aliphatic rings. The molecule has 0 N–H and O–H groups in total. The van der Waals surface area contributed by atoms with Crippen molar-refractivity contribution in [3.63, 3.8) is 0 Å². The third-order valence-electron chi connectivity index (χ3n) is 5.44. The molecule has 0 atom stereocenters.